The Bertz CT molecular complexity index is 412. The maximum Gasteiger partial charge on any atom is 0.123 e. The first-order chi connectivity index (χ1) is 9.96. The van der Waals surface area contributed by atoms with E-state index in [0.29, 0.717) is 12.5 Å². The number of aliphatic hydroxyl groups excluding tert-OH is 1. The molecule has 0 spiro atoms. The number of unbranched alkanes of at least 4 members (excludes halogenated alkanes) is 1. The van der Waals surface area contributed by atoms with Crippen molar-refractivity contribution in [1.29, 1.82) is 0 Å². The fourth-order valence-corrected chi connectivity index (χ4v) is 2.06. The van der Waals surface area contributed by atoms with Gasteiger partial charge in [0.15, 0.2) is 0 Å². The van der Waals surface area contributed by atoms with Gasteiger partial charge < -0.3 is 5.11 Å². The van der Waals surface area contributed by atoms with Crippen LogP contribution in [-0.2, 0) is 0 Å². The first-order valence-electron chi connectivity index (χ1n) is 8.01. The van der Waals surface area contributed by atoms with Gasteiger partial charge in [0.2, 0.25) is 0 Å². The number of halogens is 1. The van der Waals surface area contributed by atoms with Crippen molar-refractivity contribution in [3.63, 3.8) is 0 Å². The van der Waals surface area contributed by atoms with Gasteiger partial charge in [0.05, 0.1) is 0 Å². The topological polar surface area (TPSA) is 20.2 Å². The summed E-state index contributed by atoms with van der Waals surface area (Å²) in [6.45, 7) is 12.6. The van der Waals surface area contributed by atoms with Crippen LogP contribution in [0.25, 0.3) is 5.57 Å². The predicted octanol–water partition coefficient (Wildman–Crippen LogP) is 5.75. The van der Waals surface area contributed by atoms with Gasteiger partial charge in [-0.15, -0.1) is 0 Å². The molecule has 0 fully saturated rings. The lowest BCUT2D eigenvalue weighted by Gasteiger charge is -2.07. The summed E-state index contributed by atoms with van der Waals surface area (Å²) >= 11 is 0. The van der Waals surface area contributed by atoms with Crippen molar-refractivity contribution in [3.05, 3.63) is 41.7 Å². The lowest BCUT2D eigenvalue weighted by atomic mass is 9.98. The van der Waals surface area contributed by atoms with Gasteiger partial charge in [-0.25, -0.2) is 4.39 Å². The normalized spacial score (nSPS) is 11.5. The van der Waals surface area contributed by atoms with E-state index in [2.05, 4.69) is 27.4 Å². The molecule has 0 radical (unpaired) electrons. The van der Waals surface area contributed by atoms with E-state index < -0.39 is 0 Å². The van der Waals surface area contributed by atoms with Crippen LogP contribution in [0.15, 0.2) is 24.8 Å². The van der Waals surface area contributed by atoms with Crippen molar-refractivity contribution >= 4 is 5.57 Å². The molecule has 0 aromatic heterocycles. The van der Waals surface area contributed by atoms with E-state index in [4.69, 9.17) is 5.11 Å². The third-order valence-corrected chi connectivity index (χ3v) is 3.49. The first-order valence-corrected chi connectivity index (χ1v) is 8.01. The standard InChI is InChI=1S/C12H15F.C7H16O/c1-4-5-9(2)12-8-11(13)7-6-10(12)3;1-3-4-5-7(2)6-8/h6-8H,2,4-5H2,1,3H3;7-8H,3-6H2,1-2H3. The second kappa shape index (κ2) is 11.5. The Morgan fingerprint density at radius 2 is 1.95 bits per heavy atom. The Kier molecular flexibility index (Phi) is 10.9. The van der Waals surface area contributed by atoms with Crippen LogP contribution in [0.2, 0.25) is 0 Å². The van der Waals surface area contributed by atoms with Crippen molar-refractivity contribution in [2.45, 2.75) is 59.8 Å². The molecule has 0 saturated heterocycles. The van der Waals surface area contributed by atoms with Gasteiger partial charge in [0.1, 0.15) is 5.82 Å². The highest BCUT2D eigenvalue weighted by molar-refractivity contribution is 5.66. The Balaban J connectivity index is 0.000000433. The molecule has 1 aromatic rings. The van der Waals surface area contributed by atoms with E-state index >= 15 is 0 Å². The number of aryl methyl sites for hydroxylation is 1. The Morgan fingerprint density at radius 1 is 1.29 bits per heavy atom. The number of allylic oxidation sites excluding steroid dienone is 1. The monoisotopic (exact) mass is 294 g/mol. The fourth-order valence-electron chi connectivity index (χ4n) is 2.06. The lowest BCUT2D eigenvalue weighted by Crippen LogP contribution is -1.98. The summed E-state index contributed by atoms with van der Waals surface area (Å²) in [5.41, 5.74) is 3.08. The van der Waals surface area contributed by atoms with Crippen molar-refractivity contribution in [1.82, 2.24) is 0 Å². The predicted molar refractivity (Wildman–Crippen MR) is 90.9 cm³/mol. The van der Waals surface area contributed by atoms with E-state index in [-0.39, 0.29) is 5.82 Å². The van der Waals surface area contributed by atoms with Gasteiger partial charge in [-0.3, -0.25) is 0 Å². The van der Waals surface area contributed by atoms with Crippen LogP contribution in [0.4, 0.5) is 4.39 Å². The molecule has 0 aliphatic carbocycles. The van der Waals surface area contributed by atoms with Crippen LogP contribution in [-0.4, -0.2) is 11.7 Å². The second-order valence-corrected chi connectivity index (χ2v) is 5.74. The summed E-state index contributed by atoms with van der Waals surface area (Å²) in [5, 5.41) is 8.56. The van der Waals surface area contributed by atoms with Crippen LogP contribution in [0.3, 0.4) is 0 Å². The van der Waals surface area contributed by atoms with Crippen molar-refractivity contribution < 1.29 is 9.50 Å². The van der Waals surface area contributed by atoms with Gasteiger partial charge in [-0.2, -0.15) is 0 Å². The molecule has 2 heteroatoms. The highest BCUT2D eigenvalue weighted by atomic mass is 19.1. The molecular formula is C19H31FO. The average molecular weight is 294 g/mol. The van der Waals surface area contributed by atoms with E-state index in [0.717, 1.165) is 29.5 Å². The van der Waals surface area contributed by atoms with Gasteiger partial charge in [-0.05, 0) is 54.5 Å². The highest BCUT2D eigenvalue weighted by Crippen LogP contribution is 2.22. The van der Waals surface area contributed by atoms with Crippen LogP contribution in [0.5, 0.6) is 0 Å². The number of hydrogen-bond donors (Lipinski definition) is 1. The molecule has 1 aromatic carbocycles. The molecule has 0 bridgehead atoms. The second-order valence-electron chi connectivity index (χ2n) is 5.74. The fraction of sp³-hybridized carbons (Fsp3) is 0.579. The van der Waals surface area contributed by atoms with Crippen LogP contribution < -0.4 is 0 Å². The molecule has 0 saturated carbocycles. The smallest absolute Gasteiger partial charge is 0.123 e. The molecule has 21 heavy (non-hydrogen) atoms. The maximum atomic E-state index is 12.9. The zero-order valence-electron chi connectivity index (χ0n) is 14.1. The molecule has 120 valence electrons. The van der Waals surface area contributed by atoms with E-state index in [1.165, 1.54) is 25.3 Å². The molecule has 1 nitrogen and oxygen atoms in total. The summed E-state index contributed by atoms with van der Waals surface area (Å²) in [6, 6.07) is 4.84. The number of hydrogen-bond acceptors (Lipinski definition) is 1. The van der Waals surface area contributed by atoms with Gasteiger partial charge in [0, 0.05) is 6.61 Å². The van der Waals surface area contributed by atoms with Crippen molar-refractivity contribution in [3.8, 4) is 0 Å². The summed E-state index contributed by atoms with van der Waals surface area (Å²) in [5.74, 6) is 0.327. The number of aliphatic hydroxyl groups is 1. The van der Waals surface area contributed by atoms with Gasteiger partial charge in [0.25, 0.3) is 0 Å². The SMILES string of the molecule is C=C(CCC)c1cc(F)ccc1C.CCCCC(C)CO. The van der Waals surface area contributed by atoms with Gasteiger partial charge in [-0.1, -0.05) is 52.7 Å². The van der Waals surface area contributed by atoms with Crippen molar-refractivity contribution in [2.24, 2.45) is 5.92 Å². The minimum absolute atomic E-state index is 0.183. The molecule has 1 N–H and O–H groups in total. The van der Waals surface area contributed by atoms with Crippen LogP contribution in [0.1, 0.15) is 64.0 Å². The third kappa shape index (κ3) is 8.67. The summed E-state index contributed by atoms with van der Waals surface area (Å²) in [7, 11) is 0. The first kappa shape index (κ1) is 19.9. The van der Waals surface area contributed by atoms with Crippen LogP contribution in [0, 0.1) is 18.7 Å². The Hall–Kier alpha value is -1.15. The maximum absolute atomic E-state index is 12.9. The molecule has 0 aliphatic rings. The number of benzene rings is 1. The van der Waals surface area contributed by atoms with E-state index in [9.17, 15) is 4.39 Å². The largest absolute Gasteiger partial charge is 0.396 e. The minimum Gasteiger partial charge on any atom is -0.396 e. The Labute approximate surface area is 129 Å². The zero-order valence-corrected chi connectivity index (χ0v) is 14.1. The summed E-state index contributed by atoms with van der Waals surface area (Å²) in [6.07, 6.45) is 5.65. The van der Waals surface area contributed by atoms with E-state index in [1.807, 2.05) is 6.92 Å². The minimum atomic E-state index is -0.183. The zero-order chi connectivity index (χ0) is 16.3. The average Bonchev–Trinajstić information content (AvgIpc) is 2.48. The molecule has 1 unspecified atom stereocenters. The highest BCUT2D eigenvalue weighted by Gasteiger charge is 2.03. The lowest BCUT2D eigenvalue weighted by molar-refractivity contribution is 0.228. The molecule has 1 atom stereocenters. The van der Waals surface area contributed by atoms with Crippen molar-refractivity contribution in [2.75, 3.05) is 6.61 Å². The molecular weight excluding hydrogens is 263 g/mol. The summed E-state index contributed by atoms with van der Waals surface area (Å²) < 4.78 is 12.9. The molecule has 0 aliphatic heterocycles. The van der Waals surface area contributed by atoms with E-state index in [1.54, 1.807) is 12.1 Å². The number of rotatable bonds is 7. The Morgan fingerprint density at radius 3 is 2.48 bits per heavy atom. The third-order valence-electron chi connectivity index (χ3n) is 3.49. The molecule has 0 heterocycles. The quantitative estimate of drug-likeness (QED) is 0.678. The van der Waals surface area contributed by atoms with Gasteiger partial charge >= 0.3 is 0 Å². The molecule has 0 amide bonds. The van der Waals surface area contributed by atoms with Crippen LogP contribution >= 0.6 is 0 Å². The summed E-state index contributed by atoms with van der Waals surface area (Å²) in [4.78, 5) is 0. The molecule has 1 rings (SSSR count).